The predicted octanol–water partition coefficient (Wildman–Crippen LogP) is 2.60. The average Bonchev–Trinajstić information content (AvgIpc) is 3.00. The maximum absolute atomic E-state index is 13.7. The zero-order chi connectivity index (χ0) is 18.0. The van der Waals surface area contributed by atoms with Gasteiger partial charge in [-0.3, -0.25) is 9.59 Å². The molecular weight excluding hydrogens is 332 g/mol. The molecule has 0 saturated carbocycles. The summed E-state index contributed by atoms with van der Waals surface area (Å²) in [6, 6.07) is 8.79. The van der Waals surface area contributed by atoms with Crippen molar-refractivity contribution in [3.63, 3.8) is 0 Å². The number of amides is 1. The number of nitrogens with one attached hydrogen (secondary N) is 1. The fourth-order valence-corrected chi connectivity index (χ4v) is 2.76. The Hall–Kier alpha value is -2.96. The highest BCUT2D eigenvalue weighted by Crippen LogP contribution is 2.31. The van der Waals surface area contributed by atoms with Crippen LogP contribution in [0.2, 0.25) is 0 Å². The van der Waals surface area contributed by atoms with Crippen LogP contribution >= 0.6 is 0 Å². The number of aliphatic carboxylic acids is 1. The molecule has 130 valence electrons. The van der Waals surface area contributed by atoms with Gasteiger partial charge in [-0.1, -0.05) is 24.3 Å². The van der Waals surface area contributed by atoms with Crippen LogP contribution in [-0.2, 0) is 16.0 Å². The molecule has 1 aliphatic heterocycles. The lowest BCUT2D eigenvalue weighted by Gasteiger charge is -2.20. The van der Waals surface area contributed by atoms with Crippen LogP contribution in [0.4, 0.5) is 8.78 Å². The monoisotopic (exact) mass is 347 g/mol. The first-order valence-corrected chi connectivity index (χ1v) is 7.65. The van der Waals surface area contributed by atoms with Crippen LogP contribution in [0.15, 0.2) is 42.5 Å². The van der Waals surface area contributed by atoms with Crippen molar-refractivity contribution in [3.05, 3.63) is 65.2 Å². The van der Waals surface area contributed by atoms with E-state index in [0.29, 0.717) is 11.1 Å². The Morgan fingerprint density at radius 2 is 1.92 bits per heavy atom. The zero-order valence-corrected chi connectivity index (χ0v) is 13.0. The summed E-state index contributed by atoms with van der Waals surface area (Å²) in [7, 11) is 0. The molecule has 1 heterocycles. The van der Waals surface area contributed by atoms with Gasteiger partial charge in [-0.05, 0) is 23.8 Å². The maximum Gasteiger partial charge on any atom is 0.305 e. The van der Waals surface area contributed by atoms with E-state index in [-0.39, 0.29) is 18.6 Å². The van der Waals surface area contributed by atoms with Crippen LogP contribution in [0.1, 0.15) is 23.6 Å². The Kier molecular flexibility index (Phi) is 4.65. The van der Waals surface area contributed by atoms with E-state index in [0.717, 1.165) is 0 Å². The van der Waals surface area contributed by atoms with Crippen molar-refractivity contribution in [3.8, 4) is 5.75 Å². The van der Waals surface area contributed by atoms with Crippen molar-refractivity contribution in [2.24, 2.45) is 0 Å². The minimum Gasteiger partial charge on any atom is -0.481 e. The van der Waals surface area contributed by atoms with Crippen molar-refractivity contribution in [1.82, 2.24) is 5.32 Å². The fourth-order valence-electron chi connectivity index (χ4n) is 2.76. The first kappa shape index (κ1) is 16.9. The molecule has 7 heteroatoms. The predicted molar refractivity (Wildman–Crippen MR) is 84.1 cm³/mol. The fraction of sp³-hybridized carbons (Fsp3) is 0.222. The Morgan fingerprint density at radius 1 is 1.20 bits per heavy atom. The standard InChI is InChI=1S/C18H15F2NO4/c19-12-6-4-10(5-7-12)14(9-16(22)23)21-18(24)15-8-11-2-1-3-13(20)17(11)25-15/h1-7,14-15H,8-9H2,(H,21,24)(H,22,23)/t14-,15-/m0/s1. The summed E-state index contributed by atoms with van der Waals surface area (Å²) >= 11 is 0. The summed E-state index contributed by atoms with van der Waals surface area (Å²) in [5.41, 5.74) is 1.04. The second kappa shape index (κ2) is 6.88. The summed E-state index contributed by atoms with van der Waals surface area (Å²) in [6.45, 7) is 0. The molecule has 2 aromatic rings. The van der Waals surface area contributed by atoms with Crippen LogP contribution in [0.25, 0.3) is 0 Å². The third kappa shape index (κ3) is 3.76. The number of hydrogen-bond donors (Lipinski definition) is 2. The van der Waals surface area contributed by atoms with Gasteiger partial charge >= 0.3 is 5.97 Å². The number of fused-ring (bicyclic) bond motifs is 1. The first-order valence-electron chi connectivity index (χ1n) is 7.65. The largest absolute Gasteiger partial charge is 0.481 e. The normalized spacial score (nSPS) is 16.6. The number of rotatable bonds is 5. The number of carboxylic acid groups (broad SMARTS) is 1. The minimum atomic E-state index is -1.11. The molecular formula is C18H15F2NO4. The number of carboxylic acids is 1. The smallest absolute Gasteiger partial charge is 0.305 e. The lowest BCUT2D eigenvalue weighted by atomic mass is 10.0. The lowest BCUT2D eigenvalue weighted by Crippen LogP contribution is -2.40. The van der Waals surface area contributed by atoms with Crippen LogP contribution in [0, 0.1) is 11.6 Å². The molecule has 5 nitrogen and oxygen atoms in total. The summed E-state index contributed by atoms with van der Waals surface area (Å²) in [4.78, 5) is 23.5. The van der Waals surface area contributed by atoms with Crippen molar-refractivity contribution >= 4 is 11.9 Å². The number of para-hydroxylation sites is 1. The highest BCUT2D eigenvalue weighted by Gasteiger charge is 2.32. The van der Waals surface area contributed by atoms with Crippen molar-refractivity contribution in [1.29, 1.82) is 0 Å². The van der Waals surface area contributed by atoms with Gasteiger partial charge in [0, 0.05) is 12.0 Å². The molecule has 0 aromatic heterocycles. The van der Waals surface area contributed by atoms with Gasteiger partial charge < -0.3 is 15.2 Å². The van der Waals surface area contributed by atoms with Crippen LogP contribution < -0.4 is 10.1 Å². The topological polar surface area (TPSA) is 75.6 Å². The molecule has 0 spiro atoms. The summed E-state index contributed by atoms with van der Waals surface area (Å²) < 4.78 is 32.1. The third-order valence-corrected chi connectivity index (χ3v) is 3.97. The van der Waals surface area contributed by atoms with Crippen LogP contribution in [0.5, 0.6) is 5.75 Å². The minimum absolute atomic E-state index is 0.0409. The molecule has 2 N–H and O–H groups in total. The van der Waals surface area contributed by atoms with Gasteiger partial charge in [-0.15, -0.1) is 0 Å². The number of benzene rings is 2. The molecule has 2 aromatic carbocycles. The maximum atomic E-state index is 13.7. The number of carbonyl (C=O) groups excluding carboxylic acids is 1. The summed E-state index contributed by atoms with van der Waals surface area (Å²) in [6.07, 6.45) is -1.11. The van der Waals surface area contributed by atoms with E-state index in [2.05, 4.69) is 5.32 Å². The van der Waals surface area contributed by atoms with Gasteiger partial charge in [-0.25, -0.2) is 8.78 Å². The Morgan fingerprint density at radius 3 is 2.56 bits per heavy atom. The van der Waals surface area contributed by atoms with Gasteiger partial charge in [-0.2, -0.15) is 0 Å². The van der Waals surface area contributed by atoms with E-state index < -0.39 is 35.7 Å². The SMILES string of the molecule is O=C(O)C[C@H](NC(=O)[C@@H]1Cc2cccc(F)c2O1)c1ccc(F)cc1. The number of halogens is 2. The Balaban J connectivity index is 1.74. The molecule has 0 fully saturated rings. The third-order valence-electron chi connectivity index (χ3n) is 3.97. The van der Waals surface area contributed by atoms with E-state index in [1.165, 1.54) is 36.4 Å². The number of hydrogen-bond acceptors (Lipinski definition) is 3. The van der Waals surface area contributed by atoms with E-state index >= 15 is 0 Å². The van der Waals surface area contributed by atoms with E-state index in [1.54, 1.807) is 6.07 Å². The summed E-state index contributed by atoms with van der Waals surface area (Å²) in [5.74, 6) is -2.63. The number of ether oxygens (including phenoxy) is 1. The lowest BCUT2D eigenvalue weighted by molar-refractivity contribution is -0.138. The van der Waals surface area contributed by atoms with E-state index in [1.807, 2.05) is 0 Å². The molecule has 25 heavy (non-hydrogen) atoms. The molecule has 2 atom stereocenters. The molecule has 0 unspecified atom stereocenters. The van der Waals surface area contributed by atoms with Crippen molar-refractivity contribution < 1.29 is 28.2 Å². The summed E-state index contributed by atoms with van der Waals surface area (Å²) in [5, 5.41) is 11.6. The molecule has 0 aliphatic carbocycles. The Bertz CT molecular complexity index is 807. The van der Waals surface area contributed by atoms with Gasteiger partial charge in [0.1, 0.15) is 5.82 Å². The first-order chi connectivity index (χ1) is 11.9. The van der Waals surface area contributed by atoms with Gasteiger partial charge in [0.2, 0.25) is 0 Å². The number of carbonyl (C=O) groups is 2. The molecule has 1 aliphatic rings. The van der Waals surface area contributed by atoms with E-state index in [9.17, 15) is 18.4 Å². The highest BCUT2D eigenvalue weighted by atomic mass is 19.1. The quantitative estimate of drug-likeness (QED) is 0.872. The zero-order valence-electron chi connectivity index (χ0n) is 13.0. The van der Waals surface area contributed by atoms with Crippen LogP contribution in [-0.4, -0.2) is 23.1 Å². The molecule has 3 rings (SSSR count). The van der Waals surface area contributed by atoms with E-state index in [4.69, 9.17) is 9.84 Å². The van der Waals surface area contributed by atoms with Gasteiger partial charge in [0.25, 0.3) is 5.91 Å². The second-order valence-corrected chi connectivity index (χ2v) is 5.75. The Labute approximate surface area is 142 Å². The molecule has 0 radical (unpaired) electrons. The molecule has 1 amide bonds. The second-order valence-electron chi connectivity index (χ2n) is 5.75. The highest BCUT2D eigenvalue weighted by molar-refractivity contribution is 5.83. The van der Waals surface area contributed by atoms with Gasteiger partial charge in [0.05, 0.1) is 12.5 Å². The molecule has 0 saturated heterocycles. The van der Waals surface area contributed by atoms with Crippen LogP contribution in [0.3, 0.4) is 0 Å². The van der Waals surface area contributed by atoms with Crippen molar-refractivity contribution in [2.45, 2.75) is 25.0 Å². The molecule has 0 bridgehead atoms. The van der Waals surface area contributed by atoms with Crippen molar-refractivity contribution in [2.75, 3.05) is 0 Å². The average molecular weight is 347 g/mol. The van der Waals surface area contributed by atoms with Gasteiger partial charge in [0.15, 0.2) is 17.7 Å².